The molecule has 1 aliphatic heterocycles. The van der Waals surface area contributed by atoms with Gasteiger partial charge in [0, 0.05) is 42.2 Å². The van der Waals surface area contributed by atoms with E-state index in [2.05, 4.69) is 59.2 Å². The third-order valence-corrected chi connectivity index (χ3v) is 7.73. The van der Waals surface area contributed by atoms with Crippen LogP contribution in [0.4, 0.5) is 11.5 Å². The summed E-state index contributed by atoms with van der Waals surface area (Å²) >= 11 is 2.16. The number of aromatic nitrogens is 2. The molecule has 29 heavy (non-hydrogen) atoms. The minimum absolute atomic E-state index is 0.225. The Morgan fingerprint density at radius 2 is 1.90 bits per heavy atom. The second-order valence-corrected chi connectivity index (χ2v) is 10.0. The van der Waals surface area contributed by atoms with Gasteiger partial charge in [-0.05, 0) is 56.4 Å². The van der Waals surface area contributed by atoms with Crippen LogP contribution in [0.5, 0.6) is 0 Å². The Morgan fingerprint density at radius 3 is 2.55 bits per heavy atom. The molecule has 0 amide bonds. The van der Waals surface area contributed by atoms with Gasteiger partial charge in [0.2, 0.25) is 0 Å². The van der Waals surface area contributed by atoms with Gasteiger partial charge in [0.05, 0.1) is 23.7 Å². The molecule has 6 heteroatoms. The molecule has 5 nitrogen and oxygen atoms in total. The number of rotatable bonds is 8. The van der Waals surface area contributed by atoms with E-state index in [1.807, 2.05) is 0 Å². The molecule has 5 rings (SSSR count). The number of benzene rings is 1. The third kappa shape index (κ3) is 4.38. The second kappa shape index (κ2) is 8.15. The lowest BCUT2D eigenvalue weighted by molar-refractivity contribution is 0.122. The van der Waals surface area contributed by atoms with Crippen molar-refractivity contribution in [2.45, 2.75) is 49.0 Å². The van der Waals surface area contributed by atoms with Crippen LogP contribution in [-0.2, 0) is 9.48 Å². The van der Waals surface area contributed by atoms with E-state index in [-0.39, 0.29) is 4.75 Å². The Morgan fingerprint density at radius 1 is 1.14 bits per heavy atom. The first kappa shape index (κ1) is 19.2. The number of hydrogen-bond acceptors (Lipinski definition) is 6. The zero-order valence-electron chi connectivity index (χ0n) is 17.2. The summed E-state index contributed by atoms with van der Waals surface area (Å²) in [6.07, 6.45) is 6.34. The third-order valence-electron chi connectivity index (χ3n) is 5.86. The van der Waals surface area contributed by atoms with Gasteiger partial charge in [-0.25, -0.2) is 9.97 Å². The number of ether oxygens (including phenoxy) is 1. The van der Waals surface area contributed by atoms with Crippen molar-refractivity contribution < 1.29 is 4.74 Å². The molecule has 0 atom stereocenters. The first-order valence-electron chi connectivity index (χ1n) is 11.0. The van der Waals surface area contributed by atoms with Crippen LogP contribution in [-0.4, -0.2) is 48.1 Å². The molecule has 0 unspecified atom stereocenters. The fraction of sp³-hybridized carbons (Fsp3) is 0.565. The summed E-state index contributed by atoms with van der Waals surface area (Å²) in [6.45, 7) is 6.52. The highest BCUT2D eigenvalue weighted by Gasteiger charge is 2.50. The fourth-order valence-corrected chi connectivity index (χ4v) is 5.38. The van der Waals surface area contributed by atoms with Gasteiger partial charge in [-0.3, -0.25) is 0 Å². The van der Waals surface area contributed by atoms with Gasteiger partial charge in [-0.15, -0.1) is 11.8 Å². The minimum Gasteiger partial charge on any atom is -0.385 e. The normalized spacial score (nSPS) is 20.5. The minimum atomic E-state index is 0.225. The van der Waals surface area contributed by atoms with Gasteiger partial charge in [0.15, 0.2) is 5.82 Å². The Labute approximate surface area is 177 Å². The zero-order chi connectivity index (χ0) is 19.7. The van der Waals surface area contributed by atoms with Gasteiger partial charge in [0.1, 0.15) is 5.82 Å². The van der Waals surface area contributed by atoms with Gasteiger partial charge < -0.3 is 15.0 Å². The van der Waals surface area contributed by atoms with Crippen LogP contribution in [0.15, 0.2) is 30.3 Å². The lowest BCUT2D eigenvalue weighted by Gasteiger charge is -2.29. The largest absolute Gasteiger partial charge is 0.385 e. The van der Waals surface area contributed by atoms with Gasteiger partial charge in [-0.2, -0.15) is 0 Å². The molecule has 3 aliphatic rings. The first-order chi connectivity index (χ1) is 14.3. The lowest BCUT2D eigenvalue weighted by atomic mass is 10.1. The highest BCUT2D eigenvalue weighted by molar-refractivity contribution is 8.01. The number of hydrogen-bond donors (Lipinski definition) is 1. The van der Waals surface area contributed by atoms with E-state index in [4.69, 9.17) is 14.7 Å². The molecular weight excluding hydrogens is 380 g/mol. The molecule has 1 N–H and O–H groups in total. The predicted molar refractivity (Wildman–Crippen MR) is 121 cm³/mol. The molecule has 0 bridgehead atoms. The Hall–Kier alpha value is -1.79. The predicted octanol–water partition coefficient (Wildman–Crippen LogP) is 4.69. The van der Waals surface area contributed by atoms with E-state index < -0.39 is 0 Å². The molecular formula is C23H30N4OS. The van der Waals surface area contributed by atoms with Crippen LogP contribution < -0.4 is 10.2 Å². The molecule has 1 aromatic carbocycles. The van der Waals surface area contributed by atoms with E-state index >= 15 is 0 Å². The van der Waals surface area contributed by atoms with Crippen LogP contribution in [0, 0.1) is 0 Å². The van der Waals surface area contributed by atoms with Crippen molar-refractivity contribution in [2.75, 3.05) is 43.1 Å². The van der Waals surface area contributed by atoms with Crippen molar-refractivity contribution in [2.24, 2.45) is 0 Å². The molecule has 1 saturated heterocycles. The van der Waals surface area contributed by atoms with E-state index in [9.17, 15) is 0 Å². The van der Waals surface area contributed by atoms with Crippen LogP contribution in [0.2, 0.25) is 0 Å². The Balaban J connectivity index is 1.47. The number of thioether (sulfide) groups is 1. The maximum atomic E-state index is 5.56. The van der Waals surface area contributed by atoms with Crippen LogP contribution >= 0.6 is 11.8 Å². The fourth-order valence-electron chi connectivity index (χ4n) is 3.81. The van der Waals surface area contributed by atoms with Crippen molar-refractivity contribution in [3.05, 3.63) is 36.0 Å². The van der Waals surface area contributed by atoms with Crippen molar-refractivity contribution in [1.82, 2.24) is 9.97 Å². The van der Waals surface area contributed by atoms with E-state index in [0.29, 0.717) is 0 Å². The Kier molecular flexibility index (Phi) is 5.39. The summed E-state index contributed by atoms with van der Waals surface area (Å²) in [6, 6.07) is 10.8. The lowest BCUT2D eigenvalue weighted by Crippen LogP contribution is -2.37. The molecule has 0 spiro atoms. The van der Waals surface area contributed by atoms with Gasteiger partial charge in [-0.1, -0.05) is 6.92 Å². The standard InChI is InChI=1S/C23H30N4OS/c1-2-11-24-18-5-3-17(4-6-18)22-25-20(23(9-10-23)29-19-7-8-19)16-21(26-22)27-12-14-28-15-13-27/h3-6,16,19,24H,2,7-15H2,1H3. The van der Waals surface area contributed by atoms with Crippen molar-refractivity contribution >= 4 is 23.3 Å². The summed E-state index contributed by atoms with van der Waals surface area (Å²) in [5.74, 6) is 1.91. The van der Waals surface area contributed by atoms with Crippen LogP contribution in [0.25, 0.3) is 11.4 Å². The zero-order valence-corrected chi connectivity index (χ0v) is 18.0. The highest BCUT2D eigenvalue weighted by Crippen LogP contribution is 2.61. The smallest absolute Gasteiger partial charge is 0.161 e. The summed E-state index contributed by atoms with van der Waals surface area (Å²) < 4.78 is 5.78. The quantitative estimate of drug-likeness (QED) is 0.681. The van der Waals surface area contributed by atoms with E-state index in [1.165, 1.54) is 31.4 Å². The SMILES string of the molecule is CCCNc1ccc(-c2nc(N3CCOCC3)cc(C3(SC4CC4)CC3)n2)cc1. The van der Waals surface area contributed by atoms with Crippen molar-refractivity contribution in [3.8, 4) is 11.4 Å². The molecule has 2 heterocycles. The Bertz CT molecular complexity index is 842. The first-order valence-corrected chi connectivity index (χ1v) is 11.9. The van der Waals surface area contributed by atoms with Gasteiger partial charge >= 0.3 is 0 Å². The summed E-state index contributed by atoms with van der Waals surface area (Å²) in [4.78, 5) is 12.4. The van der Waals surface area contributed by atoms with Crippen LogP contribution in [0.3, 0.4) is 0 Å². The topological polar surface area (TPSA) is 50.3 Å². The van der Waals surface area contributed by atoms with E-state index in [1.54, 1.807) is 0 Å². The van der Waals surface area contributed by atoms with Crippen LogP contribution in [0.1, 0.15) is 44.7 Å². The maximum Gasteiger partial charge on any atom is 0.161 e. The second-order valence-electron chi connectivity index (χ2n) is 8.35. The summed E-state index contributed by atoms with van der Waals surface area (Å²) in [7, 11) is 0. The van der Waals surface area contributed by atoms with Crippen molar-refractivity contribution in [1.29, 1.82) is 0 Å². The molecule has 2 saturated carbocycles. The molecule has 3 fully saturated rings. The molecule has 0 radical (unpaired) electrons. The maximum absolute atomic E-state index is 5.56. The highest BCUT2D eigenvalue weighted by atomic mass is 32.2. The monoisotopic (exact) mass is 410 g/mol. The molecule has 2 aliphatic carbocycles. The van der Waals surface area contributed by atoms with Crippen molar-refractivity contribution in [3.63, 3.8) is 0 Å². The summed E-state index contributed by atoms with van der Waals surface area (Å²) in [5, 5.41) is 4.28. The number of nitrogens with one attached hydrogen (secondary N) is 1. The average molecular weight is 411 g/mol. The summed E-state index contributed by atoms with van der Waals surface area (Å²) in [5.41, 5.74) is 3.48. The number of anilines is 2. The van der Waals surface area contributed by atoms with E-state index in [0.717, 1.165) is 67.4 Å². The molecule has 154 valence electrons. The molecule has 2 aromatic rings. The van der Waals surface area contributed by atoms with Gasteiger partial charge in [0.25, 0.3) is 0 Å². The molecule has 1 aromatic heterocycles. The number of nitrogens with zero attached hydrogens (tertiary/aromatic N) is 3. The average Bonchev–Trinajstić information content (AvgIpc) is 3.71. The number of morpholine rings is 1.